The van der Waals surface area contributed by atoms with Gasteiger partial charge in [0.2, 0.25) is 0 Å². The minimum atomic E-state index is 0.339. The molecule has 2 aliphatic rings. The summed E-state index contributed by atoms with van der Waals surface area (Å²) in [5, 5.41) is 7.62. The number of nitrogens with zero attached hydrogens (tertiary/aromatic N) is 5. The minimum Gasteiger partial charge on any atom is -0.491 e. The van der Waals surface area contributed by atoms with E-state index in [-0.39, 0.29) is 0 Å². The van der Waals surface area contributed by atoms with Gasteiger partial charge in [-0.05, 0) is 31.6 Å². The Morgan fingerprint density at radius 3 is 2.68 bits per heavy atom. The Kier molecular flexibility index (Phi) is 4.09. The van der Waals surface area contributed by atoms with Crippen molar-refractivity contribution >= 4 is 5.82 Å². The molecule has 0 amide bonds. The van der Waals surface area contributed by atoms with E-state index < -0.39 is 0 Å². The second-order valence-electron chi connectivity index (χ2n) is 7.56. The van der Waals surface area contributed by atoms with E-state index in [9.17, 15) is 0 Å². The summed E-state index contributed by atoms with van der Waals surface area (Å²) in [6, 6.07) is 0. The first kappa shape index (κ1) is 16.3. The van der Waals surface area contributed by atoms with Crippen molar-refractivity contribution in [2.24, 2.45) is 11.8 Å². The van der Waals surface area contributed by atoms with Crippen LogP contribution in [0.5, 0.6) is 5.75 Å². The zero-order valence-electron chi connectivity index (χ0n) is 15.4. The predicted molar refractivity (Wildman–Crippen MR) is 95.0 cm³/mol. The molecular weight excluding hydrogens is 316 g/mol. The highest BCUT2D eigenvalue weighted by atomic mass is 16.5. The third-order valence-corrected chi connectivity index (χ3v) is 5.45. The van der Waals surface area contributed by atoms with Gasteiger partial charge in [0.15, 0.2) is 17.4 Å². The van der Waals surface area contributed by atoms with E-state index in [1.54, 1.807) is 13.4 Å². The van der Waals surface area contributed by atoms with Gasteiger partial charge in [-0.3, -0.25) is 5.10 Å². The van der Waals surface area contributed by atoms with Gasteiger partial charge in [0.25, 0.3) is 0 Å². The number of aromatic nitrogens is 5. The summed E-state index contributed by atoms with van der Waals surface area (Å²) in [4.78, 5) is 15.9. The Morgan fingerprint density at radius 1 is 1.24 bits per heavy atom. The minimum absolute atomic E-state index is 0.339. The summed E-state index contributed by atoms with van der Waals surface area (Å²) in [7, 11) is 1.69. The number of H-pyrrole nitrogens is 1. The van der Waals surface area contributed by atoms with Crippen molar-refractivity contribution in [1.82, 2.24) is 25.1 Å². The van der Waals surface area contributed by atoms with E-state index in [2.05, 4.69) is 38.9 Å². The Balaban J connectivity index is 1.64. The number of ether oxygens (including phenoxy) is 1. The highest BCUT2D eigenvalue weighted by molar-refractivity contribution is 5.55. The van der Waals surface area contributed by atoms with Gasteiger partial charge in [-0.1, -0.05) is 13.8 Å². The molecule has 0 bridgehead atoms. The number of nitrogens with one attached hydrogen (secondary N) is 1. The molecular formula is C18H26N6O. The van der Waals surface area contributed by atoms with Crippen LogP contribution in [-0.4, -0.2) is 45.3 Å². The van der Waals surface area contributed by atoms with Crippen molar-refractivity contribution in [2.75, 3.05) is 25.1 Å². The monoisotopic (exact) mass is 342 g/mol. The zero-order chi connectivity index (χ0) is 17.6. The summed E-state index contributed by atoms with van der Waals surface area (Å²) >= 11 is 0. The summed E-state index contributed by atoms with van der Waals surface area (Å²) in [5.74, 6) is 5.68. The molecule has 1 aliphatic carbocycles. The first-order chi connectivity index (χ1) is 12.1. The van der Waals surface area contributed by atoms with Gasteiger partial charge in [-0.25, -0.2) is 15.0 Å². The summed E-state index contributed by atoms with van der Waals surface area (Å²) in [6.07, 6.45) is 4.26. The van der Waals surface area contributed by atoms with Crippen LogP contribution in [-0.2, 0) is 0 Å². The molecule has 0 aromatic carbocycles. The fourth-order valence-corrected chi connectivity index (χ4v) is 3.92. The average Bonchev–Trinajstić information content (AvgIpc) is 3.15. The number of anilines is 1. The number of methoxy groups -OCH3 is 1. The van der Waals surface area contributed by atoms with Crippen LogP contribution in [0.4, 0.5) is 5.82 Å². The molecule has 4 rings (SSSR count). The maximum atomic E-state index is 5.57. The number of hydrogen-bond acceptors (Lipinski definition) is 6. The summed E-state index contributed by atoms with van der Waals surface area (Å²) < 4.78 is 5.57. The van der Waals surface area contributed by atoms with Crippen molar-refractivity contribution in [3.8, 4) is 5.75 Å². The lowest BCUT2D eigenvalue weighted by Gasteiger charge is -2.20. The van der Waals surface area contributed by atoms with E-state index in [0.29, 0.717) is 17.8 Å². The van der Waals surface area contributed by atoms with Crippen LogP contribution in [0.3, 0.4) is 0 Å². The lowest BCUT2D eigenvalue weighted by Crippen LogP contribution is -2.22. The topological polar surface area (TPSA) is 79.8 Å². The number of rotatable bonds is 5. The van der Waals surface area contributed by atoms with Crippen LogP contribution in [0.15, 0.2) is 6.33 Å². The van der Waals surface area contributed by atoms with Gasteiger partial charge in [0.05, 0.1) is 12.8 Å². The van der Waals surface area contributed by atoms with Crippen LogP contribution in [0.2, 0.25) is 0 Å². The molecule has 0 spiro atoms. The van der Waals surface area contributed by atoms with E-state index in [1.807, 2.05) is 6.92 Å². The second-order valence-corrected chi connectivity index (χ2v) is 7.56. The van der Waals surface area contributed by atoms with Crippen molar-refractivity contribution in [3.63, 3.8) is 0 Å². The van der Waals surface area contributed by atoms with Gasteiger partial charge in [0, 0.05) is 24.9 Å². The van der Waals surface area contributed by atoms with Crippen LogP contribution < -0.4 is 9.64 Å². The molecule has 2 aromatic rings. The van der Waals surface area contributed by atoms with Gasteiger partial charge >= 0.3 is 0 Å². The Hall–Kier alpha value is -2.18. The van der Waals surface area contributed by atoms with Gasteiger partial charge in [-0.2, -0.15) is 5.10 Å². The molecule has 7 heteroatoms. The van der Waals surface area contributed by atoms with Gasteiger partial charge < -0.3 is 9.64 Å². The van der Waals surface area contributed by atoms with E-state index >= 15 is 0 Å². The maximum Gasteiger partial charge on any atom is 0.182 e. The summed E-state index contributed by atoms with van der Waals surface area (Å²) in [6.45, 7) is 8.09. The average molecular weight is 342 g/mol. The number of aromatic amines is 1. The predicted octanol–water partition coefficient (Wildman–Crippen LogP) is 2.67. The Bertz CT molecular complexity index is 754. The highest BCUT2D eigenvalue weighted by Gasteiger charge is 2.45. The van der Waals surface area contributed by atoms with E-state index in [4.69, 9.17) is 9.72 Å². The zero-order valence-corrected chi connectivity index (χ0v) is 15.4. The largest absolute Gasteiger partial charge is 0.491 e. The molecule has 2 fully saturated rings. The molecule has 0 radical (unpaired) electrons. The van der Waals surface area contributed by atoms with E-state index in [1.165, 1.54) is 12.8 Å². The van der Waals surface area contributed by atoms with Crippen molar-refractivity contribution in [1.29, 1.82) is 0 Å². The fourth-order valence-electron chi connectivity index (χ4n) is 3.92. The highest BCUT2D eigenvalue weighted by Crippen LogP contribution is 2.48. The molecule has 3 heterocycles. The Morgan fingerprint density at radius 2 is 2.04 bits per heavy atom. The lowest BCUT2D eigenvalue weighted by molar-refractivity contribution is 0.406. The molecule has 7 nitrogen and oxygen atoms in total. The molecule has 25 heavy (non-hydrogen) atoms. The second kappa shape index (κ2) is 6.28. The fraction of sp³-hybridized carbons (Fsp3) is 0.667. The van der Waals surface area contributed by atoms with Crippen LogP contribution in [0.25, 0.3) is 0 Å². The SMILES string of the molecule is COc1c(C)ncnc1N1C[C@H](c2nc(C(C)C)n[nH]2)[C@@H](C2CC2)C1. The first-order valence-electron chi connectivity index (χ1n) is 9.11. The van der Waals surface area contributed by atoms with Crippen LogP contribution in [0, 0.1) is 18.8 Å². The molecule has 2 aromatic heterocycles. The third kappa shape index (κ3) is 2.96. The van der Waals surface area contributed by atoms with E-state index in [0.717, 1.165) is 47.9 Å². The lowest BCUT2D eigenvalue weighted by atomic mass is 9.91. The van der Waals surface area contributed by atoms with Gasteiger partial charge in [0.1, 0.15) is 12.2 Å². The summed E-state index contributed by atoms with van der Waals surface area (Å²) in [5.41, 5.74) is 0.876. The molecule has 134 valence electrons. The molecule has 1 saturated carbocycles. The first-order valence-corrected chi connectivity index (χ1v) is 9.11. The third-order valence-electron chi connectivity index (χ3n) is 5.45. The van der Waals surface area contributed by atoms with Gasteiger partial charge in [-0.15, -0.1) is 0 Å². The van der Waals surface area contributed by atoms with Crippen LogP contribution >= 0.6 is 0 Å². The maximum absolute atomic E-state index is 5.57. The molecule has 2 atom stereocenters. The molecule has 1 aliphatic heterocycles. The van der Waals surface area contributed by atoms with Crippen LogP contribution in [0.1, 0.15) is 55.9 Å². The molecule has 0 unspecified atom stereocenters. The number of hydrogen-bond donors (Lipinski definition) is 1. The standard InChI is InChI=1S/C18H26N6O/c1-10(2)16-21-17(23-22-16)14-8-24(7-13(14)12-5-6-12)18-15(25-4)11(3)19-9-20-18/h9-10,12-14H,5-8H2,1-4H3,(H,21,22,23)/t13-,14+/m1/s1. The molecule has 1 saturated heterocycles. The van der Waals surface area contributed by atoms with Crippen molar-refractivity contribution in [3.05, 3.63) is 23.7 Å². The van der Waals surface area contributed by atoms with Crippen molar-refractivity contribution < 1.29 is 4.74 Å². The number of aryl methyl sites for hydroxylation is 1. The smallest absolute Gasteiger partial charge is 0.182 e. The quantitative estimate of drug-likeness (QED) is 0.900. The Labute approximate surface area is 148 Å². The van der Waals surface area contributed by atoms with Crippen molar-refractivity contribution in [2.45, 2.75) is 45.4 Å². The molecule has 1 N–H and O–H groups in total. The normalized spacial score (nSPS) is 23.5.